The smallest absolute Gasteiger partial charge is 0.295 e. The Morgan fingerprint density at radius 1 is 1.19 bits per heavy atom. The maximum absolute atomic E-state index is 13.5. The van der Waals surface area contributed by atoms with Gasteiger partial charge in [-0.15, -0.1) is 0 Å². The summed E-state index contributed by atoms with van der Waals surface area (Å²) in [5.74, 6) is -0.0981. The van der Waals surface area contributed by atoms with Crippen LogP contribution in [-0.4, -0.2) is 14.5 Å². The zero-order chi connectivity index (χ0) is 14.9. The number of hydrogen-bond donors (Lipinski definition) is 2. The van der Waals surface area contributed by atoms with Crippen molar-refractivity contribution in [3.8, 4) is 0 Å². The molecule has 112 valence electrons. The van der Waals surface area contributed by atoms with Gasteiger partial charge < -0.3 is 9.73 Å². The lowest BCUT2D eigenvalue weighted by Gasteiger charge is -2.06. The summed E-state index contributed by atoms with van der Waals surface area (Å²) in [6.45, 7) is 0.486. The van der Waals surface area contributed by atoms with Gasteiger partial charge in [-0.3, -0.25) is 4.72 Å². The summed E-state index contributed by atoms with van der Waals surface area (Å²) < 4.78 is 45.2. The van der Waals surface area contributed by atoms with Crippen molar-refractivity contribution in [3.63, 3.8) is 0 Å². The molecule has 5 nitrogen and oxygen atoms in total. The maximum atomic E-state index is 13.5. The first-order valence-electron chi connectivity index (χ1n) is 6.64. The fourth-order valence-electron chi connectivity index (χ4n) is 1.87. The Morgan fingerprint density at radius 3 is 2.67 bits per heavy atom. The molecule has 0 radical (unpaired) electrons. The number of rotatable bonds is 6. The molecule has 1 aromatic carbocycles. The Kier molecular flexibility index (Phi) is 3.69. The predicted octanol–water partition coefficient (Wildman–Crippen LogP) is 2.47. The molecule has 0 saturated heterocycles. The third-order valence-corrected chi connectivity index (χ3v) is 4.40. The van der Waals surface area contributed by atoms with Gasteiger partial charge in [0.05, 0.1) is 12.2 Å². The van der Waals surface area contributed by atoms with E-state index in [0.717, 1.165) is 12.8 Å². The molecular weight excluding hydrogens is 295 g/mol. The van der Waals surface area contributed by atoms with Crippen molar-refractivity contribution in [2.45, 2.75) is 30.5 Å². The van der Waals surface area contributed by atoms with Gasteiger partial charge in [0.15, 0.2) is 0 Å². The maximum Gasteiger partial charge on any atom is 0.295 e. The zero-order valence-electron chi connectivity index (χ0n) is 11.2. The van der Waals surface area contributed by atoms with Gasteiger partial charge >= 0.3 is 0 Å². The molecule has 0 unspecified atom stereocenters. The van der Waals surface area contributed by atoms with Crippen LogP contribution >= 0.6 is 0 Å². The average Bonchev–Trinajstić information content (AvgIpc) is 3.15. The Balaban J connectivity index is 1.73. The summed E-state index contributed by atoms with van der Waals surface area (Å²) in [4.78, 5) is 0. The molecule has 0 atom stereocenters. The highest BCUT2D eigenvalue weighted by atomic mass is 32.2. The highest BCUT2D eigenvalue weighted by Gasteiger charge is 2.23. The van der Waals surface area contributed by atoms with Gasteiger partial charge in [0, 0.05) is 6.04 Å². The van der Waals surface area contributed by atoms with Gasteiger partial charge in [-0.1, -0.05) is 12.1 Å². The molecule has 1 heterocycles. The van der Waals surface area contributed by atoms with Crippen molar-refractivity contribution in [3.05, 3.63) is 48.0 Å². The van der Waals surface area contributed by atoms with E-state index in [9.17, 15) is 12.8 Å². The molecule has 0 spiro atoms. The van der Waals surface area contributed by atoms with Crippen molar-refractivity contribution in [1.29, 1.82) is 0 Å². The molecule has 1 aliphatic rings. The summed E-state index contributed by atoms with van der Waals surface area (Å²) in [6, 6.07) is 9.05. The Bertz CT molecular complexity index is 738. The van der Waals surface area contributed by atoms with E-state index in [0.29, 0.717) is 18.3 Å². The molecular formula is C14H15FN2O3S. The van der Waals surface area contributed by atoms with Gasteiger partial charge in [-0.2, -0.15) is 8.42 Å². The summed E-state index contributed by atoms with van der Waals surface area (Å²) in [5, 5.41) is 3.00. The molecule has 2 N–H and O–H groups in total. The van der Waals surface area contributed by atoms with Crippen LogP contribution in [0.15, 0.2) is 45.9 Å². The number of furan rings is 1. The highest BCUT2D eigenvalue weighted by molar-refractivity contribution is 7.92. The molecule has 3 rings (SSSR count). The lowest BCUT2D eigenvalue weighted by Crippen LogP contribution is -2.15. The van der Waals surface area contributed by atoms with E-state index in [1.165, 1.54) is 24.3 Å². The quantitative estimate of drug-likeness (QED) is 0.860. The second kappa shape index (κ2) is 5.50. The van der Waals surface area contributed by atoms with Crippen molar-refractivity contribution in [2.75, 3.05) is 4.72 Å². The molecule has 1 saturated carbocycles. The number of hydrogen-bond acceptors (Lipinski definition) is 4. The second-order valence-electron chi connectivity index (χ2n) is 4.96. The lowest BCUT2D eigenvalue weighted by atomic mass is 10.3. The second-order valence-corrected chi connectivity index (χ2v) is 6.57. The normalized spacial score (nSPS) is 15.1. The number of halogens is 1. The first-order chi connectivity index (χ1) is 10.0. The lowest BCUT2D eigenvalue weighted by molar-refractivity contribution is 0.403. The number of nitrogens with one attached hydrogen (secondary N) is 2. The third kappa shape index (κ3) is 3.43. The van der Waals surface area contributed by atoms with Crippen molar-refractivity contribution in [1.82, 2.24) is 5.32 Å². The number of benzene rings is 1. The van der Waals surface area contributed by atoms with Crippen molar-refractivity contribution < 1.29 is 17.2 Å². The third-order valence-electron chi connectivity index (χ3n) is 3.16. The minimum atomic E-state index is -3.92. The van der Waals surface area contributed by atoms with E-state index in [1.54, 1.807) is 12.1 Å². The average molecular weight is 310 g/mol. The van der Waals surface area contributed by atoms with Gasteiger partial charge in [0.25, 0.3) is 10.0 Å². The molecule has 0 aliphatic heterocycles. The Labute approximate surface area is 122 Å². The van der Waals surface area contributed by atoms with E-state index < -0.39 is 15.8 Å². The standard InChI is InChI=1S/C14H15FN2O3S/c15-12-3-1-2-4-13(12)17-21(18,19)14-8-7-11(20-14)9-16-10-5-6-10/h1-4,7-8,10,16-17H,5-6,9H2. The van der Waals surface area contributed by atoms with Crippen LogP contribution in [0, 0.1) is 5.82 Å². The van der Waals surface area contributed by atoms with Crippen LogP contribution in [-0.2, 0) is 16.6 Å². The SMILES string of the molecule is O=S(=O)(Nc1ccccc1F)c1ccc(CNC2CC2)o1. The number of sulfonamides is 1. The van der Waals surface area contributed by atoms with Gasteiger partial charge in [0.2, 0.25) is 5.09 Å². The van der Waals surface area contributed by atoms with Crippen LogP contribution in [0.2, 0.25) is 0 Å². The number of para-hydroxylation sites is 1. The first kappa shape index (κ1) is 14.1. The van der Waals surface area contributed by atoms with Crippen LogP contribution in [0.1, 0.15) is 18.6 Å². The van der Waals surface area contributed by atoms with E-state index in [1.807, 2.05) is 0 Å². The Hall–Kier alpha value is -1.86. The molecule has 1 aliphatic carbocycles. The topological polar surface area (TPSA) is 71.3 Å². The van der Waals surface area contributed by atoms with Crippen LogP contribution in [0.5, 0.6) is 0 Å². The Morgan fingerprint density at radius 2 is 1.95 bits per heavy atom. The highest BCUT2D eigenvalue weighted by Crippen LogP contribution is 2.22. The largest absolute Gasteiger partial charge is 0.446 e. The summed E-state index contributed by atoms with van der Waals surface area (Å²) in [6.07, 6.45) is 2.28. The summed E-state index contributed by atoms with van der Waals surface area (Å²) in [5.41, 5.74) is -0.105. The van der Waals surface area contributed by atoms with E-state index in [4.69, 9.17) is 4.42 Å². The molecule has 7 heteroatoms. The number of anilines is 1. The van der Waals surface area contributed by atoms with Crippen molar-refractivity contribution in [2.24, 2.45) is 0 Å². The molecule has 2 aromatic rings. The molecule has 1 aromatic heterocycles. The van der Waals surface area contributed by atoms with E-state index in [2.05, 4.69) is 10.0 Å². The molecule has 21 heavy (non-hydrogen) atoms. The first-order valence-corrected chi connectivity index (χ1v) is 8.12. The van der Waals surface area contributed by atoms with Crippen LogP contribution < -0.4 is 10.0 Å². The fourth-order valence-corrected chi connectivity index (χ4v) is 2.89. The fraction of sp³-hybridized carbons (Fsp3) is 0.286. The van der Waals surface area contributed by atoms with E-state index >= 15 is 0 Å². The van der Waals surface area contributed by atoms with Gasteiger partial charge in [-0.05, 0) is 37.1 Å². The molecule has 0 amide bonds. The van der Waals surface area contributed by atoms with E-state index in [-0.39, 0.29) is 10.8 Å². The monoisotopic (exact) mass is 310 g/mol. The predicted molar refractivity (Wildman–Crippen MR) is 75.8 cm³/mol. The zero-order valence-corrected chi connectivity index (χ0v) is 12.0. The van der Waals surface area contributed by atoms with Crippen LogP contribution in [0.25, 0.3) is 0 Å². The van der Waals surface area contributed by atoms with Crippen LogP contribution in [0.4, 0.5) is 10.1 Å². The minimum Gasteiger partial charge on any atom is -0.446 e. The summed E-state index contributed by atoms with van der Waals surface area (Å²) >= 11 is 0. The van der Waals surface area contributed by atoms with Gasteiger partial charge in [0.1, 0.15) is 11.6 Å². The summed E-state index contributed by atoms with van der Waals surface area (Å²) in [7, 11) is -3.92. The molecule has 1 fully saturated rings. The van der Waals surface area contributed by atoms with Crippen LogP contribution in [0.3, 0.4) is 0 Å². The minimum absolute atomic E-state index is 0.105. The van der Waals surface area contributed by atoms with Crippen molar-refractivity contribution >= 4 is 15.7 Å². The van der Waals surface area contributed by atoms with Gasteiger partial charge in [-0.25, -0.2) is 4.39 Å². The molecule has 0 bridgehead atoms.